The van der Waals surface area contributed by atoms with E-state index in [-0.39, 0.29) is 17.1 Å². The SMILES string of the molecule is CC.CC(=O)C(CC(S)CCN)NC(C)C. The van der Waals surface area contributed by atoms with Crippen LogP contribution < -0.4 is 11.1 Å². The van der Waals surface area contributed by atoms with Gasteiger partial charge in [0.25, 0.3) is 0 Å². The average molecular weight is 248 g/mol. The molecule has 98 valence electrons. The van der Waals surface area contributed by atoms with Crippen LogP contribution in [0.15, 0.2) is 0 Å². The highest BCUT2D eigenvalue weighted by atomic mass is 32.1. The van der Waals surface area contributed by atoms with E-state index in [9.17, 15) is 4.79 Å². The van der Waals surface area contributed by atoms with E-state index in [1.54, 1.807) is 6.92 Å². The lowest BCUT2D eigenvalue weighted by Crippen LogP contribution is -2.41. The van der Waals surface area contributed by atoms with Gasteiger partial charge in [0.1, 0.15) is 5.78 Å². The molecule has 0 aromatic carbocycles. The van der Waals surface area contributed by atoms with Crippen molar-refractivity contribution < 1.29 is 4.79 Å². The molecule has 0 aromatic heterocycles. The van der Waals surface area contributed by atoms with Crippen molar-refractivity contribution in [3.8, 4) is 0 Å². The van der Waals surface area contributed by atoms with Crippen LogP contribution in [0.5, 0.6) is 0 Å². The molecule has 3 N–H and O–H groups in total. The van der Waals surface area contributed by atoms with Crippen molar-refractivity contribution in [2.24, 2.45) is 5.73 Å². The van der Waals surface area contributed by atoms with Crippen molar-refractivity contribution in [2.75, 3.05) is 6.54 Å². The van der Waals surface area contributed by atoms with Gasteiger partial charge in [-0.2, -0.15) is 12.6 Å². The molecule has 0 aliphatic heterocycles. The quantitative estimate of drug-likeness (QED) is 0.604. The Balaban J connectivity index is 0. The van der Waals surface area contributed by atoms with Gasteiger partial charge in [0.05, 0.1) is 6.04 Å². The number of nitrogens with two attached hydrogens (primary N) is 1. The minimum Gasteiger partial charge on any atom is -0.330 e. The minimum atomic E-state index is -0.0796. The number of Topliss-reactive ketones (excluding diaryl/α,β-unsaturated/α-hetero) is 1. The lowest BCUT2D eigenvalue weighted by Gasteiger charge is -2.21. The van der Waals surface area contributed by atoms with Crippen LogP contribution in [0.3, 0.4) is 0 Å². The second-order valence-corrected chi connectivity index (χ2v) is 4.68. The topological polar surface area (TPSA) is 55.1 Å². The highest BCUT2D eigenvalue weighted by Crippen LogP contribution is 2.10. The minimum absolute atomic E-state index is 0.0796. The van der Waals surface area contributed by atoms with Crippen LogP contribution in [-0.2, 0) is 4.79 Å². The monoisotopic (exact) mass is 248 g/mol. The summed E-state index contributed by atoms with van der Waals surface area (Å²) in [5.74, 6) is 0.176. The Morgan fingerprint density at radius 1 is 1.38 bits per heavy atom. The summed E-state index contributed by atoms with van der Waals surface area (Å²) < 4.78 is 0. The Bertz CT molecular complexity index is 174. The summed E-state index contributed by atoms with van der Waals surface area (Å²) in [6.07, 6.45) is 1.61. The maximum absolute atomic E-state index is 11.3. The van der Waals surface area contributed by atoms with Crippen molar-refractivity contribution in [3.05, 3.63) is 0 Å². The maximum atomic E-state index is 11.3. The number of thiol groups is 1. The van der Waals surface area contributed by atoms with E-state index in [4.69, 9.17) is 5.73 Å². The molecule has 0 amide bonds. The van der Waals surface area contributed by atoms with E-state index in [1.807, 2.05) is 27.7 Å². The first-order chi connectivity index (χ1) is 7.47. The van der Waals surface area contributed by atoms with E-state index < -0.39 is 0 Å². The van der Waals surface area contributed by atoms with Gasteiger partial charge in [-0.15, -0.1) is 0 Å². The van der Waals surface area contributed by atoms with Crippen LogP contribution in [0.4, 0.5) is 0 Å². The van der Waals surface area contributed by atoms with Crippen LogP contribution >= 0.6 is 12.6 Å². The average Bonchev–Trinajstić information content (AvgIpc) is 2.19. The Kier molecular flexibility index (Phi) is 13.1. The van der Waals surface area contributed by atoms with E-state index in [1.165, 1.54) is 0 Å². The van der Waals surface area contributed by atoms with Crippen molar-refractivity contribution >= 4 is 18.4 Å². The summed E-state index contributed by atoms with van der Waals surface area (Å²) in [5, 5.41) is 3.44. The third kappa shape index (κ3) is 10.5. The van der Waals surface area contributed by atoms with E-state index in [0.29, 0.717) is 12.6 Å². The molecule has 0 aliphatic rings. The molecule has 0 radical (unpaired) electrons. The Labute approximate surface area is 106 Å². The Morgan fingerprint density at radius 3 is 2.19 bits per heavy atom. The molecule has 0 spiro atoms. The number of hydrogen-bond acceptors (Lipinski definition) is 4. The van der Waals surface area contributed by atoms with Crippen LogP contribution in [-0.4, -0.2) is 29.7 Å². The van der Waals surface area contributed by atoms with Gasteiger partial charge in [0.15, 0.2) is 0 Å². The lowest BCUT2D eigenvalue weighted by atomic mass is 10.0. The molecule has 2 unspecified atom stereocenters. The first-order valence-electron chi connectivity index (χ1n) is 6.12. The van der Waals surface area contributed by atoms with Gasteiger partial charge in [-0.1, -0.05) is 27.7 Å². The molecule has 0 aromatic rings. The van der Waals surface area contributed by atoms with E-state index >= 15 is 0 Å². The first-order valence-corrected chi connectivity index (χ1v) is 6.63. The molecule has 0 aliphatic carbocycles. The normalized spacial score (nSPS) is 14.0. The second kappa shape index (κ2) is 11.4. The van der Waals surface area contributed by atoms with Crippen LogP contribution in [0.25, 0.3) is 0 Å². The van der Waals surface area contributed by atoms with Gasteiger partial charge >= 0.3 is 0 Å². The molecule has 3 nitrogen and oxygen atoms in total. The fourth-order valence-corrected chi connectivity index (χ4v) is 1.70. The number of nitrogens with one attached hydrogen (secondary N) is 1. The largest absolute Gasteiger partial charge is 0.330 e. The molecule has 0 fully saturated rings. The van der Waals surface area contributed by atoms with Gasteiger partial charge in [-0.05, 0) is 26.3 Å². The standard InChI is InChI=1S/C10H22N2OS.C2H6/c1-7(2)12-10(8(3)13)6-9(14)4-5-11;1-2/h7,9-10,12,14H,4-6,11H2,1-3H3;1-2H3. The van der Waals surface area contributed by atoms with E-state index in [2.05, 4.69) is 17.9 Å². The number of carbonyl (C=O) groups excluding carboxylic acids is 1. The molecule has 0 rings (SSSR count). The number of ketones is 1. The lowest BCUT2D eigenvalue weighted by molar-refractivity contribution is -0.119. The molecular weight excluding hydrogens is 220 g/mol. The summed E-state index contributed by atoms with van der Waals surface area (Å²) in [5.41, 5.74) is 5.43. The van der Waals surface area contributed by atoms with Gasteiger partial charge in [-0.3, -0.25) is 4.79 Å². The summed E-state index contributed by atoms with van der Waals surface area (Å²) in [6, 6.07) is 0.242. The maximum Gasteiger partial charge on any atom is 0.146 e. The zero-order valence-corrected chi connectivity index (χ0v) is 12.2. The molecule has 0 saturated heterocycles. The summed E-state index contributed by atoms with van der Waals surface area (Å²) >= 11 is 4.39. The fraction of sp³-hybridized carbons (Fsp3) is 0.917. The first kappa shape index (κ1) is 18.3. The molecule has 0 bridgehead atoms. The van der Waals surface area contributed by atoms with Gasteiger partial charge in [-0.25, -0.2) is 0 Å². The van der Waals surface area contributed by atoms with Crippen molar-refractivity contribution in [2.45, 2.75) is 64.8 Å². The number of carbonyl (C=O) groups is 1. The second-order valence-electron chi connectivity index (χ2n) is 3.95. The van der Waals surface area contributed by atoms with Crippen molar-refractivity contribution in [1.29, 1.82) is 0 Å². The molecule has 0 saturated carbocycles. The molecule has 0 heterocycles. The zero-order valence-electron chi connectivity index (χ0n) is 11.3. The predicted octanol–water partition coefficient (Wildman–Crippen LogP) is 2.01. The molecule has 4 heteroatoms. The number of hydrogen-bond donors (Lipinski definition) is 3. The molecular formula is C12H28N2OS. The third-order valence-corrected chi connectivity index (χ3v) is 2.50. The Hall–Kier alpha value is -0.0600. The molecule has 16 heavy (non-hydrogen) atoms. The van der Waals surface area contributed by atoms with Crippen LogP contribution in [0.1, 0.15) is 47.5 Å². The summed E-state index contributed by atoms with van der Waals surface area (Å²) in [7, 11) is 0. The Morgan fingerprint density at radius 2 is 1.88 bits per heavy atom. The number of rotatable bonds is 7. The van der Waals surface area contributed by atoms with Crippen LogP contribution in [0.2, 0.25) is 0 Å². The highest BCUT2D eigenvalue weighted by Gasteiger charge is 2.18. The van der Waals surface area contributed by atoms with Gasteiger partial charge < -0.3 is 11.1 Å². The van der Waals surface area contributed by atoms with Gasteiger partial charge in [0.2, 0.25) is 0 Å². The summed E-state index contributed by atoms with van der Waals surface area (Å²) in [4.78, 5) is 11.3. The summed E-state index contributed by atoms with van der Waals surface area (Å²) in [6.45, 7) is 10.3. The smallest absolute Gasteiger partial charge is 0.146 e. The van der Waals surface area contributed by atoms with Crippen molar-refractivity contribution in [3.63, 3.8) is 0 Å². The highest BCUT2D eigenvalue weighted by molar-refractivity contribution is 7.80. The van der Waals surface area contributed by atoms with Crippen molar-refractivity contribution in [1.82, 2.24) is 5.32 Å². The van der Waals surface area contributed by atoms with Gasteiger partial charge in [0, 0.05) is 11.3 Å². The van der Waals surface area contributed by atoms with E-state index in [0.717, 1.165) is 12.8 Å². The van der Waals surface area contributed by atoms with Crippen LogP contribution in [0, 0.1) is 0 Å². The third-order valence-electron chi connectivity index (χ3n) is 2.03. The molecule has 2 atom stereocenters. The fourth-order valence-electron chi connectivity index (χ4n) is 1.34. The zero-order chi connectivity index (χ0) is 13.1. The predicted molar refractivity (Wildman–Crippen MR) is 75.2 cm³/mol.